The lowest BCUT2D eigenvalue weighted by molar-refractivity contribution is -0.306. The van der Waals surface area contributed by atoms with Crippen LogP contribution in [0, 0.1) is 57.2 Å². The minimum atomic E-state index is -1.64. The first-order valence-corrected chi connectivity index (χ1v) is 20.1. The number of aliphatic hydroxyl groups excluding tert-OH is 7. The van der Waals surface area contributed by atoms with E-state index in [0.29, 0.717) is 18.3 Å². The van der Waals surface area contributed by atoms with Gasteiger partial charge in [-0.1, -0.05) is 66.2 Å². The third-order valence-corrected chi connectivity index (χ3v) is 16.4. The van der Waals surface area contributed by atoms with Gasteiger partial charge < -0.3 is 54.7 Å². The van der Waals surface area contributed by atoms with E-state index in [2.05, 4.69) is 60.6 Å². The zero-order valence-corrected chi connectivity index (χ0v) is 32.4. The number of aliphatic hydroxyl groups is 7. The van der Waals surface area contributed by atoms with Crippen LogP contribution >= 0.6 is 0 Å². The van der Waals surface area contributed by atoms with Gasteiger partial charge in [-0.2, -0.15) is 0 Å². The normalized spacial score (nSPS) is 53.5. The topological polar surface area (TPSA) is 196 Å². The molecule has 0 spiro atoms. The van der Waals surface area contributed by atoms with Crippen molar-refractivity contribution in [2.75, 3.05) is 13.2 Å². The molecule has 0 aromatic heterocycles. The number of carbonyl (C=O) groups is 1. The van der Waals surface area contributed by atoms with Crippen LogP contribution in [-0.4, -0.2) is 116 Å². The molecule has 0 radical (unpaired) electrons. The fourth-order valence-corrected chi connectivity index (χ4v) is 12.8. The molecule has 2 aliphatic heterocycles. The highest BCUT2D eigenvalue weighted by Gasteiger charge is 2.67. The van der Waals surface area contributed by atoms with Crippen molar-refractivity contribution in [3.8, 4) is 0 Å². The summed E-state index contributed by atoms with van der Waals surface area (Å²) in [5.41, 5.74) is 2.24. The maximum Gasteiger partial charge on any atom is 0.311 e. The number of esters is 1. The van der Waals surface area contributed by atoms with Crippen molar-refractivity contribution in [1.29, 1.82) is 0 Å². The van der Waals surface area contributed by atoms with Crippen molar-refractivity contribution in [2.45, 2.75) is 155 Å². The molecule has 2 saturated heterocycles. The molecule has 0 amide bonds. The predicted molar refractivity (Wildman–Crippen MR) is 191 cm³/mol. The van der Waals surface area contributed by atoms with Crippen molar-refractivity contribution < 1.29 is 59.5 Å². The average Bonchev–Trinajstić information content (AvgIpc) is 3.11. The monoisotopic (exact) mass is 748 g/mol. The number of fused-ring (bicyclic) bond motifs is 6. The molecule has 5 aliphatic carbocycles. The van der Waals surface area contributed by atoms with Crippen LogP contribution in [0.25, 0.3) is 0 Å². The molecule has 0 aromatic rings. The van der Waals surface area contributed by atoms with E-state index in [1.165, 1.54) is 11.1 Å². The van der Waals surface area contributed by atoms with Crippen molar-refractivity contribution >= 4 is 5.97 Å². The van der Waals surface area contributed by atoms with Gasteiger partial charge in [0.05, 0.1) is 25.2 Å². The molecular formula is C41H64O12. The molecule has 300 valence electrons. The van der Waals surface area contributed by atoms with Gasteiger partial charge in [0.1, 0.15) is 42.7 Å². The molecule has 7 N–H and O–H groups in total. The van der Waals surface area contributed by atoms with E-state index >= 15 is 0 Å². The van der Waals surface area contributed by atoms with Gasteiger partial charge in [-0.15, -0.1) is 0 Å². The van der Waals surface area contributed by atoms with Gasteiger partial charge in [0.15, 0.2) is 6.29 Å². The molecule has 19 unspecified atom stereocenters. The van der Waals surface area contributed by atoms with Gasteiger partial charge in [0.25, 0.3) is 0 Å². The summed E-state index contributed by atoms with van der Waals surface area (Å²) in [6.45, 7) is 15.7. The fourth-order valence-electron chi connectivity index (χ4n) is 12.8. The van der Waals surface area contributed by atoms with Crippen molar-refractivity contribution in [3.63, 3.8) is 0 Å². The molecule has 7 rings (SSSR count). The highest BCUT2D eigenvalue weighted by atomic mass is 16.7. The van der Waals surface area contributed by atoms with Crippen LogP contribution in [0.3, 0.4) is 0 Å². The maximum atomic E-state index is 14.0. The summed E-state index contributed by atoms with van der Waals surface area (Å²) in [6, 6.07) is 0. The van der Waals surface area contributed by atoms with Gasteiger partial charge >= 0.3 is 5.97 Å². The Hall–Kier alpha value is -1.45. The second-order valence-corrected chi connectivity index (χ2v) is 19.2. The van der Waals surface area contributed by atoms with Crippen LogP contribution < -0.4 is 0 Å². The van der Waals surface area contributed by atoms with Crippen LogP contribution in [-0.2, 0) is 23.7 Å². The Morgan fingerprint density at radius 2 is 1.57 bits per heavy atom. The standard InChI is InChI=1S/C41H64O12/c1-19-16-22(35(49)53-37-34(48)32(46)31(45)25(17-42)51-37)21-10-14-40(6)23(29(21)20(19)2)8-9-27-39(5)13-12-28(38(3,4)26(39)11-15-41(27,40)7)52-36-33(47)30(44)24(43)18-50-36/h8-9,19-22,24-28,30-34,36-37,42-48H,10-18H2,1-7H3. The quantitative estimate of drug-likeness (QED) is 0.161. The number of allylic oxidation sites excluding steroid dienone is 4. The number of rotatable bonds is 5. The van der Waals surface area contributed by atoms with Crippen LogP contribution in [0.2, 0.25) is 0 Å². The van der Waals surface area contributed by atoms with Crippen LogP contribution in [0.5, 0.6) is 0 Å². The first kappa shape index (κ1) is 39.8. The van der Waals surface area contributed by atoms with Crippen LogP contribution in [0.15, 0.2) is 23.3 Å². The Balaban J connectivity index is 1.16. The molecule has 0 aromatic carbocycles. The Morgan fingerprint density at radius 3 is 2.26 bits per heavy atom. The summed E-state index contributed by atoms with van der Waals surface area (Å²) in [5, 5.41) is 71.8. The molecular weight excluding hydrogens is 684 g/mol. The number of hydrogen-bond acceptors (Lipinski definition) is 12. The third-order valence-electron chi connectivity index (χ3n) is 16.4. The Labute approximate surface area is 313 Å². The van der Waals surface area contributed by atoms with Crippen molar-refractivity contribution in [2.24, 2.45) is 57.2 Å². The molecule has 2 heterocycles. The second kappa shape index (κ2) is 13.9. The van der Waals surface area contributed by atoms with E-state index in [-0.39, 0.29) is 52.1 Å². The van der Waals surface area contributed by atoms with Crippen molar-refractivity contribution in [1.82, 2.24) is 0 Å². The van der Waals surface area contributed by atoms with Gasteiger partial charge in [0, 0.05) is 0 Å². The van der Waals surface area contributed by atoms with E-state index in [9.17, 15) is 40.5 Å². The molecule has 0 bridgehead atoms. The Morgan fingerprint density at radius 1 is 0.868 bits per heavy atom. The zero-order chi connectivity index (χ0) is 38.6. The molecule has 19 atom stereocenters. The van der Waals surface area contributed by atoms with E-state index in [0.717, 1.165) is 38.5 Å². The van der Waals surface area contributed by atoms with E-state index in [1.807, 2.05) is 0 Å². The summed E-state index contributed by atoms with van der Waals surface area (Å²) in [6.07, 6.45) is -1.42. The Bertz CT molecular complexity index is 1460. The average molecular weight is 749 g/mol. The lowest BCUT2D eigenvalue weighted by atomic mass is 9.35. The lowest BCUT2D eigenvalue weighted by Gasteiger charge is -2.69. The molecule has 12 nitrogen and oxygen atoms in total. The third kappa shape index (κ3) is 5.95. The summed E-state index contributed by atoms with van der Waals surface area (Å²) < 4.78 is 23.5. The predicted octanol–water partition coefficient (Wildman–Crippen LogP) is 2.59. The highest BCUT2D eigenvalue weighted by Crippen LogP contribution is 2.73. The van der Waals surface area contributed by atoms with E-state index < -0.39 is 73.8 Å². The summed E-state index contributed by atoms with van der Waals surface area (Å²) >= 11 is 0. The van der Waals surface area contributed by atoms with Gasteiger partial charge in [-0.3, -0.25) is 4.79 Å². The molecule has 12 heteroatoms. The van der Waals surface area contributed by atoms with Gasteiger partial charge in [-0.25, -0.2) is 0 Å². The van der Waals surface area contributed by atoms with Gasteiger partial charge in [-0.05, 0) is 102 Å². The number of ether oxygens (including phenoxy) is 4. The molecule has 53 heavy (non-hydrogen) atoms. The SMILES string of the molecule is CC1CC(C(=O)OC2OC(CO)C(O)C(O)C2O)C2CCC3(C)C(=C2C1C)C=CC1C2(C)CCC(OC4OCC(O)C(O)C4O)C(C)(C)C2CCC13C. The lowest BCUT2D eigenvalue weighted by Crippen LogP contribution is -2.64. The molecule has 7 aliphatic rings. The summed E-state index contributed by atoms with van der Waals surface area (Å²) in [4.78, 5) is 14.0. The number of hydrogen-bond donors (Lipinski definition) is 7. The maximum absolute atomic E-state index is 14.0. The van der Waals surface area contributed by atoms with Crippen LogP contribution in [0.4, 0.5) is 0 Å². The molecule has 5 fully saturated rings. The Kier molecular flexibility index (Phi) is 10.4. The minimum Gasteiger partial charge on any atom is -0.432 e. The summed E-state index contributed by atoms with van der Waals surface area (Å²) in [5.74, 6) is 0.0964. The first-order chi connectivity index (χ1) is 24.8. The second-order valence-electron chi connectivity index (χ2n) is 19.2. The van der Waals surface area contributed by atoms with E-state index in [4.69, 9.17) is 18.9 Å². The minimum absolute atomic E-state index is 0.0200. The molecule has 3 saturated carbocycles. The van der Waals surface area contributed by atoms with Gasteiger partial charge in [0.2, 0.25) is 6.29 Å². The smallest absolute Gasteiger partial charge is 0.311 e. The number of carbonyl (C=O) groups excluding carboxylic acids is 1. The summed E-state index contributed by atoms with van der Waals surface area (Å²) in [7, 11) is 0. The van der Waals surface area contributed by atoms with E-state index in [1.54, 1.807) is 0 Å². The zero-order valence-electron chi connectivity index (χ0n) is 32.4. The van der Waals surface area contributed by atoms with Crippen LogP contribution in [0.1, 0.15) is 93.4 Å². The van der Waals surface area contributed by atoms with Crippen molar-refractivity contribution in [3.05, 3.63) is 23.3 Å². The largest absolute Gasteiger partial charge is 0.432 e. The first-order valence-electron chi connectivity index (χ1n) is 20.1. The highest BCUT2D eigenvalue weighted by molar-refractivity contribution is 5.74. The fraction of sp³-hybridized carbons (Fsp3) is 0.878.